The summed E-state index contributed by atoms with van der Waals surface area (Å²) in [7, 11) is 0. The van der Waals surface area contributed by atoms with Gasteiger partial charge in [-0.3, -0.25) is 14.5 Å². The van der Waals surface area contributed by atoms with Crippen molar-refractivity contribution in [3.63, 3.8) is 0 Å². The molecule has 1 rings (SSSR count). The molecule has 0 unspecified atom stereocenters. The molecule has 0 atom stereocenters. The molecule has 0 spiro atoms. The van der Waals surface area contributed by atoms with Crippen molar-refractivity contribution < 1.29 is 9.59 Å². The Bertz CT molecular complexity index is 488. The molecule has 0 aromatic carbocycles. The largest absolute Gasteiger partial charge is 0.274 e. The minimum absolute atomic E-state index is 0.0851. The molecule has 0 aromatic rings. The molecule has 4 nitrogen and oxygen atoms in total. The van der Waals surface area contributed by atoms with Crippen LogP contribution >= 0.6 is 0 Å². The van der Waals surface area contributed by atoms with Crippen molar-refractivity contribution >= 4 is 11.8 Å². The van der Waals surface area contributed by atoms with Crippen LogP contribution in [-0.2, 0) is 9.59 Å². The van der Waals surface area contributed by atoms with Gasteiger partial charge in [-0.2, -0.15) is 5.26 Å². The average Bonchev–Trinajstić information content (AvgIpc) is 2.28. The van der Waals surface area contributed by atoms with Crippen LogP contribution in [0.3, 0.4) is 0 Å². The van der Waals surface area contributed by atoms with Crippen molar-refractivity contribution in [1.29, 1.82) is 5.26 Å². The quantitative estimate of drug-likeness (QED) is 0.567. The first-order valence-electron chi connectivity index (χ1n) is 6.10. The van der Waals surface area contributed by atoms with Crippen LogP contribution in [0.1, 0.15) is 40.5 Å². The first-order chi connectivity index (χ1) is 8.45. The van der Waals surface area contributed by atoms with Gasteiger partial charge in [0.05, 0.1) is 0 Å². The zero-order valence-electron chi connectivity index (χ0n) is 11.3. The average molecular weight is 246 g/mol. The van der Waals surface area contributed by atoms with Crippen molar-refractivity contribution in [3.8, 4) is 6.07 Å². The van der Waals surface area contributed by atoms with Gasteiger partial charge in [-0.25, -0.2) is 0 Å². The summed E-state index contributed by atoms with van der Waals surface area (Å²) >= 11 is 0. The normalized spacial score (nSPS) is 16.2. The minimum Gasteiger partial charge on any atom is -0.274 e. The number of carbonyl (C=O) groups excluding carboxylic acids is 2. The molecule has 0 radical (unpaired) electrons. The van der Waals surface area contributed by atoms with Gasteiger partial charge in [0.15, 0.2) is 0 Å². The second kappa shape index (κ2) is 5.63. The SMILES string of the molecule is CCCCN1C(=O)C(C#N)=C(C)C(=C(C)C)C1=O. The van der Waals surface area contributed by atoms with E-state index in [0.717, 1.165) is 18.4 Å². The van der Waals surface area contributed by atoms with Crippen LogP contribution in [0.5, 0.6) is 0 Å². The number of carbonyl (C=O) groups is 2. The molecule has 0 fully saturated rings. The first kappa shape index (κ1) is 14.2. The molecule has 0 saturated heterocycles. The fraction of sp³-hybridized carbons (Fsp3) is 0.500. The summed E-state index contributed by atoms with van der Waals surface area (Å²) in [5.41, 5.74) is 1.92. The summed E-state index contributed by atoms with van der Waals surface area (Å²) in [5, 5.41) is 9.07. The number of hydrogen-bond acceptors (Lipinski definition) is 3. The van der Waals surface area contributed by atoms with E-state index in [1.165, 1.54) is 4.90 Å². The third-order valence-corrected chi connectivity index (χ3v) is 3.02. The minimum atomic E-state index is -0.460. The molecule has 0 N–H and O–H groups in total. The summed E-state index contributed by atoms with van der Waals surface area (Å²) in [6.07, 6.45) is 1.65. The molecule has 1 aliphatic rings. The number of nitrogens with zero attached hydrogens (tertiary/aromatic N) is 2. The molecule has 1 aliphatic heterocycles. The number of allylic oxidation sites excluding steroid dienone is 1. The van der Waals surface area contributed by atoms with Gasteiger partial charge in [0.25, 0.3) is 11.8 Å². The lowest BCUT2D eigenvalue weighted by Gasteiger charge is -2.28. The highest BCUT2D eigenvalue weighted by atomic mass is 16.2. The second-order valence-corrected chi connectivity index (χ2v) is 4.60. The first-order valence-corrected chi connectivity index (χ1v) is 6.10. The van der Waals surface area contributed by atoms with Crippen LogP contribution in [0.25, 0.3) is 0 Å². The Labute approximate surface area is 108 Å². The van der Waals surface area contributed by atoms with Gasteiger partial charge < -0.3 is 0 Å². The van der Waals surface area contributed by atoms with Gasteiger partial charge in [-0.1, -0.05) is 18.9 Å². The number of imide groups is 1. The van der Waals surface area contributed by atoms with E-state index in [0.29, 0.717) is 17.7 Å². The summed E-state index contributed by atoms with van der Waals surface area (Å²) in [6.45, 7) is 7.67. The summed E-state index contributed by atoms with van der Waals surface area (Å²) in [6, 6.07) is 1.92. The van der Waals surface area contributed by atoms with E-state index in [-0.39, 0.29) is 11.5 Å². The molecular formula is C14H18N2O2. The fourth-order valence-electron chi connectivity index (χ4n) is 2.05. The van der Waals surface area contributed by atoms with Gasteiger partial charge >= 0.3 is 0 Å². The van der Waals surface area contributed by atoms with Crippen molar-refractivity contribution in [3.05, 3.63) is 22.3 Å². The zero-order chi connectivity index (χ0) is 13.9. The second-order valence-electron chi connectivity index (χ2n) is 4.60. The lowest BCUT2D eigenvalue weighted by molar-refractivity contribution is -0.140. The number of hydrogen-bond donors (Lipinski definition) is 0. The van der Waals surface area contributed by atoms with Crippen molar-refractivity contribution in [1.82, 2.24) is 4.90 Å². The summed E-state index contributed by atoms with van der Waals surface area (Å²) < 4.78 is 0. The number of rotatable bonds is 3. The Balaban J connectivity index is 3.32. The van der Waals surface area contributed by atoms with Gasteiger partial charge in [-0.15, -0.1) is 0 Å². The molecule has 0 aromatic heterocycles. The highest BCUT2D eigenvalue weighted by Crippen LogP contribution is 2.27. The molecular weight excluding hydrogens is 228 g/mol. The Morgan fingerprint density at radius 1 is 1.28 bits per heavy atom. The smallest absolute Gasteiger partial charge is 0.271 e. The fourth-order valence-corrected chi connectivity index (χ4v) is 2.05. The standard InChI is InChI=1S/C14H18N2O2/c1-5-6-7-16-13(17)11(8-15)10(4)12(9(2)3)14(16)18/h5-7H2,1-4H3. The summed E-state index contributed by atoms with van der Waals surface area (Å²) in [4.78, 5) is 25.5. The lowest BCUT2D eigenvalue weighted by atomic mass is 9.92. The number of amides is 2. The Morgan fingerprint density at radius 3 is 2.33 bits per heavy atom. The maximum Gasteiger partial charge on any atom is 0.271 e. The third-order valence-electron chi connectivity index (χ3n) is 3.02. The molecule has 96 valence electrons. The van der Waals surface area contributed by atoms with E-state index in [9.17, 15) is 9.59 Å². The highest BCUT2D eigenvalue weighted by Gasteiger charge is 2.35. The molecule has 2 amide bonds. The monoisotopic (exact) mass is 246 g/mol. The van der Waals surface area contributed by atoms with E-state index >= 15 is 0 Å². The van der Waals surface area contributed by atoms with Crippen molar-refractivity contribution in [2.24, 2.45) is 0 Å². The Hall–Kier alpha value is -1.89. The highest BCUT2D eigenvalue weighted by molar-refractivity contribution is 6.18. The topological polar surface area (TPSA) is 61.2 Å². The maximum absolute atomic E-state index is 12.3. The van der Waals surface area contributed by atoms with Gasteiger partial charge in [-0.05, 0) is 32.8 Å². The molecule has 18 heavy (non-hydrogen) atoms. The van der Waals surface area contributed by atoms with E-state index in [1.807, 2.05) is 26.8 Å². The van der Waals surface area contributed by atoms with Crippen LogP contribution in [0, 0.1) is 11.3 Å². The van der Waals surface area contributed by atoms with E-state index < -0.39 is 5.91 Å². The van der Waals surface area contributed by atoms with Crippen LogP contribution < -0.4 is 0 Å². The van der Waals surface area contributed by atoms with Gasteiger partial charge in [0.1, 0.15) is 11.6 Å². The molecule has 4 heteroatoms. The molecule has 0 aliphatic carbocycles. The Kier molecular flexibility index (Phi) is 4.43. The predicted molar refractivity (Wildman–Crippen MR) is 68.3 cm³/mol. The van der Waals surface area contributed by atoms with Crippen molar-refractivity contribution in [2.45, 2.75) is 40.5 Å². The lowest BCUT2D eigenvalue weighted by Crippen LogP contribution is -2.43. The molecule has 0 saturated carbocycles. The number of nitriles is 1. The Morgan fingerprint density at radius 2 is 1.89 bits per heavy atom. The maximum atomic E-state index is 12.3. The van der Waals surface area contributed by atoms with Crippen molar-refractivity contribution in [2.75, 3.05) is 6.54 Å². The molecule has 1 heterocycles. The van der Waals surface area contributed by atoms with Gasteiger partial charge in [0.2, 0.25) is 0 Å². The van der Waals surface area contributed by atoms with Crippen LogP contribution in [0.4, 0.5) is 0 Å². The molecule has 0 bridgehead atoms. The number of unbranched alkanes of at least 4 members (excludes halogenated alkanes) is 1. The van der Waals surface area contributed by atoms with Crippen LogP contribution in [0.2, 0.25) is 0 Å². The van der Waals surface area contributed by atoms with Crippen LogP contribution in [0.15, 0.2) is 22.3 Å². The third kappa shape index (κ3) is 2.35. The van der Waals surface area contributed by atoms with E-state index in [2.05, 4.69) is 0 Å². The zero-order valence-corrected chi connectivity index (χ0v) is 11.3. The van der Waals surface area contributed by atoms with E-state index in [4.69, 9.17) is 5.26 Å². The van der Waals surface area contributed by atoms with E-state index in [1.54, 1.807) is 6.92 Å². The predicted octanol–water partition coefficient (Wildman–Crippen LogP) is 2.33. The van der Waals surface area contributed by atoms with Gasteiger partial charge in [0, 0.05) is 12.1 Å². The van der Waals surface area contributed by atoms with Crippen LogP contribution in [-0.4, -0.2) is 23.3 Å². The summed E-state index contributed by atoms with van der Waals surface area (Å²) in [5.74, 6) is -0.733.